The minimum atomic E-state index is -0.0441. The van der Waals surface area contributed by atoms with E-state index in [1.165, 1.54) is 27.5 Å². The Hall–Kier alpha value is -6.84. The third kappa shape index (κ3) is 5.23. The van der Waals surface area contributed by atoms with Gasteiger partial charge in [0.15, 0.2) is 0 Å². The number of allylic oxidation sites excluding steroid dienone is 2. The predicted molar refractivity (Wildman–Crippen MR) is 216 cm³/mol. The van der Waals surface area contributed by atoms with Crippen LogP contribution in [0.15, 0.2) is 188 Å². The van der Waals surface area contributed by atoms with Crippen molar-refractivity contribution in [3.8, 4) is 44.8 Å². The maximum absolute atomic E-state index is 5.46. The molecule has 6 aromatic carbocycles. The molecule has 1 N–H and O–H groups in total. The van der Waals surface area contributed by atoms with Gasteiger partial charge in [-0.15, -0.1) is 0 Å². The van der Waals surface area contributed by atoms with Gasteiger partial charge >= 0.3 is 0 Å². The zero-order chi connectivity index (χ0) is 34.4. The van der Waals surface area contributed by atoms with Crippen LogP contribution >= 0.6 is 0 Å². The number of nitrogens with zero attached hydrogens (tertiary/aromatic N) is 2. The second-order valence-corrected chi connectivity index (χ2v) is 13.4. The Morgan fingerprint density at radius 2 is 1.13 bits per heavy atom. The molecule has 1 aliphatic carbocycles. The fourth-order valence-corrected chi connectivity index (χ4v) is 7.70. The molecule has 0 saturated heterocycles. The average molecular weight is 664 g/mol. The van der Waals surface area contributed by atoms with Gasteiger partial charge in [0.1, 0.15) is 0 Å². The molecule has 2 aromatic heterocycles. The number of hydrogen-bond donors (Lipinski definition) is 1. The summed E-state index contributed by atoms with van der Waals surface area (Å²) in [6.45, 7) is 0. The van der Waals surface area contributed by atoms with Crippen LogP contribution < -0.4 is 5.32 Å². The molecule has 1 aliphatic heterocycles. The number of nitrogens with one attached hydrogen (secondary N) is 1. The van der Waals surface area contributed by atoms with Crippen LogP contribution in [-0.2, 0) is 0 Å². The molecule has 1 atom stereocenters. The van der Waals surface area contributed by atoms with E-state index in [1.54, 1.807) is 0 Å². The van der Waals surface area contributed by atoms with Gasteiger partial charge in [-0.3, -0.25) is 0 Å². The molecule has 3 heterocycles. The Balaban J connectivity index is 1.12. The van der Waals surface area contributed by atoms with Crippen LogP contribution in [0.2, 0.25) is 0 Å². The van der Waals surface area contributed by atoms with E-state index in [-0.39, 0.29) is 6.04 Å². The molecule has 10 rings (SSSR count). The van der Waals surface area contributed by atoms with E-state index in [2.05, 4.69) is 187 Å². The highest BCUT2D eigenvalue weighted by molar-refractivity contribution is 6.18. The standard InChI is InChI=1S/C49H33N3/c1-4-13-32(14-5-1)41-31-45(34-17-8-3-9-18-34)52-49-42(30-38-19-10-11-22-40(38)46(41)49)37-20-12-21-39(29-37)44-28-26-36-24-23-35-25-27-43(33-15-6-2-7-16-33)50-47(35)48(36)51-44/h1-31,48,51H. The van der Waals surface area contributed by atoms with Gasteiger partial charge in [-0.2, -0.15) is 0 Å². The van der Waals surface area contributed by atoms with E-state index >= 15 is 0 Å². The summed E-state index contributed by atoms with van der Waals surface area (Å²) in [6, 6.07) is 58.0. The Labute approximate surface area is 303 Å². The van der Waals surface area contributed by atoms with Gasteiger partial charge in [0.2, 0.25) is 0 Å². The largest absolute Gasteiger partial charge is 0.372 e. The van der Waals surface area contributed by atoms with E-state index < -0.39 is 0 Å². The first kappa shape index (κ1) is 30.0. The number of aromatic nitrogens is 2. The van der Waals surface area contributed by atoms with Crippen molar-refractivity contribution in [2.24, 2.45) is 0 Å². The Morgan fingerprint density at radius 3 is 1.92 bits per heavy atom. The molecule has 3 heteroatoms. The molecule has 1 unspecified atom stereocenters. The van der Waals surface area contributed by atoms with Crippen molar-refractivity contribution in [1.82, 2.24) is 15.3 Å². The van der Waals surface area contributed by atoms with Crippen LogP contribution in [0.3, 0.4) is 0 Å². The molecule has 0 amide bonds. The highest BCUT2D eigenvalue weighted by atomic mass is 15.0. The van der Waals surface area contributed by atoms with Crippen LogP contribution in [0.5, 0.6) is 0 Å². The van der Waals surface area contributed by atoms with Crippen molar-refractivity contribution < 1.29 is 0 Å². The van der Waals surface area contributed by atoms with E-state index in [0.29, 0.717) is 0 Å². The lowest BCUT2D eigenvalue weighted by Crippen LogP contribution is -2.27. The minimum Gasteiger partial charge on any atom is -0.372 e. The number of dihydropyridines is 1. The maximum atomic E-state index is 5.46. The number of hydrogen-bond acceptors (Lipinski definition) is 3. The summed E-state index contributed by atoms with van der Waals surface area (Å²) < 4.78 is 0. The summed E-state index contributed by atoms with van der Waals surface area (Å²) in [7, 11) is 0. The molecule has 2 aliphatic rings. The lowest BCUT2D eigenvalue weighted by atomic mass is 9.88. The van der Waals surface area contributed by atoms with Crippen LogP contribution in [0.4, 0.5) is 0 Å². The second kappa shape index (κ2) is 12.5. The van der Waals surface area contributed by atoms with Crippen molar-refractivity contribution in [3.05, 3.63) is 204 Å². The van der Waals surface area contributed by atoms with Gasteiger partial charge in [-0.05, 0) is 74.5 Å². The first-order valence-corrected chi connectivity index (χ1v) is 17.8. The monoisotopic (exact) mass is 663 g/mol. The summed E-state index contributed by atoms with van der Waals surface area (Å²) in [4.78, 5) is 10.7. The zero-order valence-corrected chi connectivity index (χ0v) is 28.4. The van der Waals surface area contributed by atoms with Gasteiger partial charge in [0.05, 0.1) is 28.6 Å². The van der Waals surface area contributed by atoms with E-state index in [1.807, 2.05) is 6.07 Å². The van der Waals surface area contributed by atoms with Crippen LogP contribution in [0.25, 0.3) is 78.2 Å². The van der Waals surface area contributed by atoms with Crippen LogP contribution in [0, 0.1) is 0 Å². The van der Waals surface area contributed by atoms with Gasteiger partial charge in [-0.1, -0.05) is 158 Å². The van der Waals surface area contributed by atoms with Gasteiger partial charge < -0.3 is 5.32 Å². The summed E-state index contributed by atoms with van der Waals surface area (Å²) >= 11 is 0. The van der Waals surface area contributed by atoms with E-state index in [9.17, 15) is 0 Å². The lowest BCUT2D eigenvalue weighted by molar-refractivity contribution is 0.705. The summed E-state index contributed by atoms with van der Waals surface area (Å²) in [5, 5.41) is 7.43. The Bertz CT molecular complexity index is 2740. The quantitative estimate of drug-likeness (QED) is 0.186. The van der Waals surface area contributed by atoms with E-state index in [4.69, 9.17) is 9.97 Å². The third-order valence-electron chi connectivity index (χ3n) is 10.3. The molecule has 0 fully saturated rings. The number of benzene rings is 6. The SMILES string of the molecule is C1=Cc2ccc(-c3ccccc3)nc2C2NC(c3cccc(-c4cc5ccccc5c5c(-c6ccccc6)cc(-c6ccccc6)nc45)c3)=CC=C12. The fourth-order valence-electron chi connectivity index (χ4n) is 7.70. The van der Waals surface area contributed by atoms with E-state index in [0.717, 1.165) is 67.1 Å². The molecule has 0 saturated carbocycles. The topological polar surface area (TPSA) is 37.8 Å². The fraction of sp³-hybridized carbons (Fsp3) is 0.0204. The second-order valence-electron chi connectivity index (χ2n) is 13.4. The number of rotatable bonds is 5. The highest BCUT2D eigenvalue weighted by Crippen LogP contribution is 2.42. The van der Waals surface area contributed by atoms with Crippen LogP contribution in [-0.4, -0.2) is 9.97 Å². The first-order valence-electron chi connectivity index (χ1n) is 17.8. The molecule has 244 valence electrons. The van der Waals surface area contributed by atoms with Crippen molar-refractivity contribution in [2.75, 3.05) is 0 Å². The lowest BCUT2D eigenvalue weighted by Gasteiger charge is -2.30. The first-order chi connectivity index (χ1) is 25.8. The molecule has 52 heavy (non-hydrogen) atoms. The zero-order valence-electron chi connectivity index (χ0n) is 28.4. The molecule has 3 nitrogen and oxygen atoms in total. The predicted octanol–water partition coefficient (Wildman–Crippen LogP) is 12.1. The van der Waals surface area contributed by atoms with Crippen LogP contribution in [0.1, 0.15) is 22.9 Å². The molecular formula is C49H33N3. The van der Waals surface area contributed by atoms with Crippen molar-refractivity contribution in [1.29, 1.82) is 0 Å². The third-order valence-corrected chi connectivity index (χ3v) is 10.3. The average Bonchev–Trinajstić information content (AvgIpc) is 3.23. The summed E-state index contributed by atoms with van der Waals surface area (Å²) in [5.41, 5.74) is 15.3. The Kier molecular flexibility index (Phi) is 7.21. The highest BCUT2D eigenvalue weighted by Gasteiger charge is 2.27. The van der Waals surface area contributed by atoms with Gasteiger partial charge in [0, 0.05) is 27.8 Å². The Morgan fingerprint density at radius 1 is 0.462 bits per heavy atom. The molecule has 8 aromatic rings. The van der Waals surface area contributed by atoms with Gasteiger partial charge in [0.25, 0.3) is 0 Å². The number of fused-ring (bicyclic) bond motifs is 6. The number of pyridine rings is 2. The van der Waals surface area contributed by atoms with Gasteiger partial charge in [-0.25, -0.2) is 9.97 Å². The van der Waals surface area contributed by atoms with Crippen molar-refractivity contribution in [3.63, 3.8) is 0 Å². The summed E-state index contributed by atoms with van der Waals surface area (Å²) in [5.74, 6) is 0. The molecule has 0 bridgehead atoms. The molecule has 0 spiro atoms. The smallest absolute Gasteiger partial charge is 0.0946 e. The van der Waals surface area contributed by atoms with Crippen molar-refractivity contribution in [2.45, 2.75) is 6.04 Å². The normalized spacial score (nSPS) is 14.7. The maximum Gasteiger partial charge on any atom is 0.0946 e. The van der Waals surface area contributed by atoms with Crippen molar-refractivity contribution >= 4 is 33.4 Å². The minimum absolute atomic E-state index is 0.0441. The summed E-state index contributed by atoms with van der Waals surface area (Å²) in [6.07, 6.45) is 8.80. The molecule has 0 radical (unpaired) electrons. The molecular weight excluding hydrogens is 631 g/mol.